The van der Waals surface area contributed by atoms with Crippen molar-refractivity contribution < 1.29 is 0 Å². The van der Waals surface area contributed by atoms with Gasteiger partial charge in [0.05, 0.1) is 0 Å². The van der Waals surface area contributed by atoms with Gasteiger partial charge in [0.1, 0.15) is 0 Å². The minimum atomic E-state index is -2.09. The third-order valence-corrected chi connectivity index (χ3v) is 37.5. The van der Waals surface area contributed by atoms with E-state index in [4.69, 9.17) is 0 Å². The van der Waals surface area contributed by atoms with Crippen molar-refractivity contribution >= 4 is 53.8 Å². The van der Waals surface area contributed by atoms with Crippen LogP contribution < -0.4 is 0 Å². The molecule has 0 spiro atoms. The predicted octanol–water partition coefficient (Wildman–Crippen LogP) is 4.85. The predicted molar refractivity (Wildman–Crippen MR) is 97.1 cm³/mol. The number of hydrazine groups is 1. The zero-order valence-corrected chi connectivity index (χ0v) is 22.6. The molecule has 0 N–H and O–H groups in total. The molecule has 0 saturated carbocycles. The molecule has 6 heteroatoms. The fraction of sp³-hybridized carbons (Fsp3) is 1.00. The Labute approximate surface area is 127 Å². The molecule has 110 valence electrons. The van der Waals surface area contributed by atoms with Gasteiger partial charge in [-0.2, -0.15) is 0 Å². The van der Waals surface area contributed by atoms with Crippen LogP contribution >= 0.6 is 0 Å². The second-order valence-corrected chi connectivity index (χ2v) is 48.6. The standard InChI is InChI=1S/C6H18N2Si2.6CH3.2Sn/c1-9(2,3)7-8-10(4,5)6;;;;;;;;/h1-6H3;6*1H3;;/q-2;;;;;;;2*+1. The summed E-state index contributed by atoms with van der Waals surface area (Å²) in [6.45, 7) is 15.2. The van der Waals surface area contributed by atoms with Gasteiger partial charge in [0, 0.05) is 0 Å². The Morgan fingerprint density at radius 3 is 0.722 bits per heavy atom. The van der Waals surface area contributed by atoms with Crippen LogP contribution in [0, 0.1) is 0 Å². The summed E-state index contributed by atoms with van der Waals surface area (Å²) in [6, 6.07) is 0. The van der Waals surface area contributed by atoms with Crippen molar-refractivity contribution in [3.63, 3.8) is 0 Å². The number of hydrogen-bond donors (Lipinski definition) is 0. The average Bonchev–Trinajstić information content (AvgIpc) is 1.89. The van der Waals surface area contributed by atoms with Crippen LogP contribution in [0.15, 0.2) is 0 Å². The zero-order valence-electron chi connectivity index (χ0n) is 14.9. The molecular formula is C12H36N2Si2Sn2. The van der Waals surface area contributed by atoms with E-state index in [9.17, 15) is 0 Å². The van der Waals surface area contributed by atoms with Crippen LogP contribution in [0.1, 0.15) is 0 Å². The molecule has 0 saturated heterocycles. The summed E-state index contributed by atoms with van der Waals surface area (Å²) in [5, 5.41) is 0. The molecule has 0 atom stereocenters. The van der Waals surface area contributed by atoms with Gasteiger partial charge in [-0.1, -0.05) is 0 Å². The van der Waals surface area contributed by atoms with Gasteiger partial charge in [-0.15, -0.1) is 0 Å². The van der Waals surface area contributed by atoms with Crippen LogP contribution in [0.3, 0.4) is 0 Å². The molecule has 0 fully saturated rings. The number of nitrogens with zero attached hydrogens (tertiary/aromatic N) is 2. The van der Waals surface area contributed by atoms with E-state index in [1.54, 1.807) is 0 Å². The van der Waals surface area contributed by atoms with Gasteiger partial charge in [-0.05, 0) is 0 Å². The SMILES string of the molecule is C[Si](C)(C)[N]([N]([Si](C)(C)C)[Sn]([CH3])([CH3])[CH3])[Sn]([CH3])([CH3])[CH3]. The first-order chi connectivity index (χ1) is 7.49. The van der Waals surface area contributed by atoms with Crippen molar-refractivity contribution in [1.29, 1.82) is 0 Å². The molecule has 0 aliphatic carbocycles. The molecule has 0 aromatic carbocycles. The molecule has 0 aliphatic rings. The van der Waals surface area contributed by atoms with Gasteiger partial charge < -0.3 is 0 Å². The summed E-state index contributed by atoms with van der Waals surface area (Å²) >= 11 is -4.17. The summed E-state index contributed by atoms with van der Waals surface area (Å²) < 4.78 is 6.09. The van der Waals surface area contributed by atoms with Crippen molar-refractivity contribution in [3.05, 3.63) is 0 Å². The summed E-state index contributed by atoms with van der Waals surface area (Å²) in [5.74, 6) is 0. The van der Waals surface area contributed by atoms with Crippen molar-refractivity contribution in [2.45, 2.75) is 68.9 Å². The fourth-order valence-electron chi connectivity index (χ4n) is 3.21. The van der Waals surface area contributed by atoms with Crippen molar-refractivity contribution in [2.24, 2.45) is 0 Å². The van der Waals surface area contributed by atoms with Crippen LogP contribution in [0.25, 0.3) is 0 Å². The topological polar surface area (TPSA) is 6.48 Å². The molecule has 0 aliphatic heterocycles. The quantitative estimate of drug-likeness (QED) is 0.393. The van der Waals surface area contributed by atoms with Gasteiger partial charge in [0.15, 0.2) is 0 Å². The number of hydrogen-bond acceptors (Lipinski definition) is 2. The summed E-state index contributed by atoms with van der Waals surface area (Å²) in [5.41, 5.74) is 0. The van der Waals surface area contributed by atoms with E-state index in [0.717, 1.165) is 0 Å². The molecule has 0 aromatic rings. The molecular weight excluding hydrogens is 466 g/mol. The first-order valence-corrected chi connectivity index (χ1v) is 33.7. The van der Waals surface area contributed by atoms with E-state index in [2.05, 4.69) is 74.7 Å². The van der Waals surface area contributed by atoms with Gasteiger partial charge >= 0.3 is 128 Å². The van der Waals surface area contributed by atoms with Crippen LogP contribution in [-0.2, 0) is 0 Å². The van der Waals surface area contributed by atoms with E-state index in [1.165, 1.54) is 0 Å². The Bertz CT molecular complexity index is 224. The van der Waals surface area contributed by atoms with Gasteiger partial charge in [0.2, 0.25) is 0 Å². The summed E-state index contributed by atoms with van der Waals surface area (Å²) in [6.07, 6.45) is 0. The Morgan fingerprint density at radius 2 is 0.667 bits per heavy atom. The maximum absolute atomic E-state index is 3.05. The van der Waals surface area contributed by atoms with E-state index in [-0.39, 0.29) is 0 Å². The molecule has 0 unspecified atom stereocenters. The molecule has 18 heavy (non-hydrogen) atoms. The first kappa shape index (κ1) is 20.0. The monoisotopic (exact) mass is 504 g/mol. The van der Waals surface area contributed by atoms with Crippen LogP contribution in [-0.4, -0.2) is 59.6 Å². The third-order valence-electron chi connectivity index (χ3n) is 2.74. The number of rotatable bonds is 5. The average molecular weight is 502 g/mol. The molecule has 2 nitrogen and oxygen atoms in total. The normalized spacial score (nSPS) is 15.7. The third kappa shape index (κ3) is 5.75. The maximum atomic E-state index is 3.05. The molecule has 0 amide bonds. The molecule has 0 aromatic heterocycles. The summed E-state index contributed by atoms with van der Waals surface area (Å²) in [7, 11) is -2.53. The van der Waals surface area contributed by atoms with Gasteiger partial charge in [-0.3, -0.25) is 0 Å². The fourth-order valence-corrected chi connectivity index (χ4v) is 68.8. The van der Waals surface area contributed by atoms with Gasteiger partial charge in [-0.25, -0.2) is 0 Å². The first-order valence-electron chi connectivity index (χ1n) is 7.09. The van der Waals surface area contributed by atoms with Crippen molar-refractivity contribution in [3.8, 4) is 0 Å². The Kier molecular flexibility index (Phi) is 6.63. The molecule has 0 bridgehead atoms. The van der Waals surface area contributed by atoms with E-state index in [1.807, 2.05) is 0 Å². The van der Waals surface area contributed by atoms with E-state index in [0.29, 0.717) is 0 Å². The second kappa shape index (κ2) is 5.98. The zero-order chi connectivity index (χ0) is 15.2. The molecule has 0 heterocycles. The molecule has 0 radical (unpaired) electrons. The Hall–Kier alpha value is 1.95. The van der Waals surface area contributed by atoms with Gasteiger partial charge in [0.25, 0.3) is 0 Å². The van der Waals surface area contributed by atoms with Crippen molar-refractivity contribution in [1.82, 2.24) is 5.79 Å². The van der Waals surface area contributed by atoms with E-state index < -0.39 is 53.8 Å². The van der Waals surface area contributed by atoms with Crippen LogP contribution in [0.4, 0.5) is 0 Å². The van der Waals surface area contributed by atoms with E-state index >= 15 is 0 Å². The minimum absolute atomic E-state index is 1.26. The summed E-state index contributed by atoms with van der Waals surface area (Å²) in [4.78, 5) is 15.6. The van der Waals surface area contributed by atoms with Crippen molar-refractivity contribution in [2.75, 3.05) is 0 Å². The second-order valence-electron chi connectivity index (χ2n) is 9.31. The van der Waals surface area contributed by atoms with Crippen LogP contribution in [0.5, 0.6) is 0 Å². The Morgan fingerprint density at radius 1 is 0.500 bits per heavy atom. The Balaban J connectivity index is 5.84. The molecule has 0 rings (SSSR count). The van der Waals surface area contributed by atoms with Crippen LogP contribution in [0.2, 0.25) is 68.9 Å².